The molecular formula is C44H46FN9O4. The Bertz CT molecular complexity index is 2500. The van der Waals surface area contributed by atoms with E-state index in [1.807, 2.05) is 56.6 Å². The molecule has 3 aromatic carbocycles. The van der Waals surface area contributed by atoms with E-state index in [0.29, 0.717) is 18.9 Å². The van der Waals surface area contributed by atoms with Crippen LogP contribution in [0.15, 0.2) is 83.8 Å². The number of piperidine rings is 2. The minimum atomic E-state index is -0.622. The smallest absolute Gasteiger partial charge is 0.292 e. The molecule has 0 aliphatic carbocycles. The molecule has 298 valence electrons. The molecule has 5 heterocycles. The number of imide groups is 1. The molecule has 14 heteroatoms. The van der Waals surface area contributed by atoms with E-state index in [0.717, 1.165) is 77.1 Å². The van der Waals surface area contributed by atoms with Gasteiger partial charge < -0.3 is 15.2 Å². The molecule has 8 rings (SSSR count). The number of nitrogens with one attached hydrogen (secondary N) is 3. The van der Waals surface area contributed by atoms with Crippen LogP contribution in [0.4, 0.5) is 10.1 Å². The van der Waals surface area contributed by atoms with Gasteiger partial charge in [0, 0.05) is 42.2 Å². The van der Waals surface area contributed by atoms with Crippen LogP contribution < -0.4 is 16.0 Å². The molecule has 0 radical (unpaired) electrons. The number of fused-ring (bicyclic) bond motifs is 1. The van der Waals surface area contributed by atoms with Crippen molar-refractivity contribution in [2.75, 3.05) is 18.4 Å². The molecule has 2 aliphatic heterocycles. The Morgan fingerprint density at radius 2 is 1.74 bits per heavy atom. The minimum Gasteiger partial charge on any atom is -0.371 e. The zero-order chi connectivity index (χ0) is 40.6. The van der Waals surface area contributed by atoms with Crippen molar-refractivity contribution in [1.29, 1.82) is 0 Å². The molecule has 3 aromatic heterocycles. The van der Waals surface area contributed by atoms with Gasteiger partial charge in [-0.15, -0.1) is 0 Å². The first-order chi connectivity index (χ1) is 27.9. The van der Waals surface area contributed by atoms with Gasteiger partial charge in [0.1, 0.15) is 18.2 Å². The van der Waals surface area contributed by atoms with Crippen LogP contribution in [-0.2, 0) is 28.1 Å². The summed E-state index contributed by atoms with van der Waals surface area (Å²) in [4.78, 5) is 47.6. The molecule has 0 saturated carbocycles. The molecule has 2 fully saturated rings. The average molecular weight is 784 g/mol. The lowest BCUT2D eigenvalue weighted by Gasteiger charge is -2.32. The number of hydrogen-bond donors (Lipinski definition) is 3. The van der Waals surface area contributed by atoms with Crippen LogP contribution >= 0.6 is 0 Å². The second-order valence-corrected chi connectivity index (χ2v) is 16.3. The number of hydrogen-bond acceptors (Lipinski definition) is 10. The summed E-state index contributed by atoms with van der Waals surface area (Å²) in [5.74, 6) is -0.804. The van der Waals surface area contributed by atoms with Gasteiger partial charge in [0.15, 0.2) is 0 Å². The second-order valence-electron chi connectivity index (χ2n) is 16.3. The Balaban J connectivity index is 0.865. The molecule has 58 heavy (non-hydrogen) atoms. The van der Waals surface area contributed by atoms with Crippen molar-refractivity contribution >= 4 is 28.9 Å². The summed E-state index contributed by atoms with van der Waals surface area (Å²) in [5, 5.41) is 16.5. The number of aryl methyl sites for hydroxylation is 1. The van der Waals surface area contributed by atoms with Gasteiger partial charge in [0.25, 0.3) is 11.7 Å². The molecule has 0 unspecified atom stereocenters. The van der Waals surface area contributed by atoms with Gasteiger partial charge in [-0.3, -0.25) is 24.6 Å². The van der Waals surface area contributed by atoms with E-state index in [4.69, 9.17) is 4.52 Å². The average Bonchev–Trinajstić information content (AvgIpc) is 3.89. The third-order valence-electron chi connectivity index (χ3n) is 11.0. The van der Waals surface area contributed by atoms with Crippen molar-refractivity contribution in [3.05, 3.63) is 119 Å². The molecule has 3 amide bonds. The fourth-order valence-corrected chi connectivity index (χ4v) is 7.63. The lowest BCUT2D eigenvalue weighted by molar-refractivity contribution is -0.133. The highest BCUT2D eigenvalue weighted by atomic mass is 19.1. The van der Waals surface area contributed by atoms with E-state index in [-0.39, 0.29) is 41.0 Å². The first kappa shape index (κ1) is 38.6. The monoisotopic (exact) mass is 783 g/mol. The van der Waals surface area contributed by atoms with Crippen LogP contribution in [0, 0.1) is 12.7 Å². The minimum absolute atomic E-state index is 0.0152. The molecule has 3 N–H and O–H groups in total. The normalized spacial score (nSPS) is 16.7. The Morgan fingerprint density at radius 1 is 0.966 bits per heavy atom. The number of carbonyl (C=O) groups excluding carboxylic acids is 3. The highest BCUT2D eigenvalue weighted by molar-refractivity contribution is 6.01. The van der Waals surface area contributed by atoms with E-state index in [1.165, 1.54) is 5.56 Å². The fraction of sp³-hybridized carbons (Fsp3) is 0.341. The summed E-state index contributed by atoms with van der Waals surface area (Å²) in [6.45, 7) is 10.8. The van der Waals surface area contributed by atoms with Crippen LogP contribution in [0.3, 0.4) is 0 Å². The maximum absolute atomic E-state index is 15.1. The fourth-order valence-electron chi connectivity index (χ4n) is 7.63. The lowest BCUT2D eigenvalue weighted by Crippen LogP contribution is -2.47. The third-order valence-corrected chi connectivity index (χ3v) is 11.0. The van der Waals surface area contributed by atoms with Gasteiger partial charge in [0.2, 0.25) is 17.7 Å². The van der Waals surface area contributed by atoms with Gasteiger partial charge in [-0.05, 0) is 97.3 Å². The second kappa shape index (κ2) is 15.9. The summed E-state index contributed by atoms with van der Waals surface area (Å²) in [6.07, 6.45) is 6.01. The molecule has 1 atom stereocenters. The van der Waals surface area contributed by atoms with E-state index in [1.54, 1.807) is 18.5 Å². The van der Waals surface area contributed by atoms with Crippen LogP contribution in [0.5, 0.6) is 0 Å². The molecule has 2 aliphatic rings. The highest BCUT2D eigenvalue weighted by Gasteiger charge is 2.28. The number of aromatic nitrogens is 5. The molecule has 0 bridgehead atoms. The zero-order valence-electron chi connectivity index (χ0n) is 33.0. The van der Waals surface area contributed by atoms with Crippen LogP contribution in [0.1, 0.15) is 91.1 Å². The van der Waals surface area contributed by atoms with Crippen LogP contribution in [0.25, 0.3) is 27.9 Å². The maximum atomic E-state index is 15.1. The summed E-state index contributed by atoms with van der Waals surface area (Å²) in [7, 11) is 0. The number of benzene rings is 3. The molecule has 0 spiro atoms. The standard InChI is InChI=1S/C44H46FN9O4/c1-26-19-31(9-10-32(26)22-46-42(57)40-51-43(58-52-40)44(2,3)4)39-37-21-33(24-54(37)48-25-47-39)28-7-5-27(6-8-28)23-53-17-15-29(16-18-53)30-11-12-35(34(45)20-30)49-36-13-14-38(55)50-41(36)56/h5-12,19-21,24-25,29,36,49H,13-18,22-23H2,1-4H3,(H,46,57)(H,50,55,56)/t36-/m0/s1. The number of rotatable bonds is 10. The van der Waals surface area contributed by atoms with Gasteiger partial charge in [-0.25, -0.2) is 13.9 Å². The quantitative estimate of drug-likeness (QED) is 0.127. The van der Waals surface area contributed by atoms with Gasteiger partial charge in [-0.1, -0.05) is 68.4 Å². The van der Waals surface area contributed by atoms with Crippen LogP contribution in [-0.4, -0.2) is 66.5 Å². The van der Waals surface area contributed by atoms with E-state index < -0.39 is 17.9 Å². The van der Waals surface area contributed by atoms with Crippen molar-refractivity contribution in [3.63, 3.8) is 0 Å². The van der Waals surface area contributed by atoms with Gasteiger partial charge in [-0.2, -0.15) is 10.1 Å². The number of carbonyl (C=O) groups is 3. The van der Waals surface area contributed by atoms with Crippen molar-refractivity contribution in [2.24, 2.45) is 0 Å². The molecular weight excluding hydrogens is 738 g/mol. The molecule has 6 aromatic rings. The maximum Gasteiger partial charge on any atom is 0.292 e. The summed E-state index contributed by atoms with van der Waals surface area (Å²) in [5.41, 5.74) is 8.85. The Morgan fingerprint density at radius 3 is 2.45 bits per heavy atom. The first-order valence-electron chi connectivity index (χ1n) is 19.6. The zero-order valence-corrected chi connectivity index (χ0v) is 33.0. The van der Waals surface area contributed by atoms with Gasteiger partial charge >= 0.3 is 0 Å². The Kier molecular flexibility index (Phi) is 10.6. The topological polar surface area (TPSA) is 160 Å². The summed E-state index contributed by atoms with van der Waals surface area (Å²) >= 11 is 0. The third kappa shape index (κ3) is 8.37. The first-order valence-corrected chi connectivity index (χ1v) is 19.6. The number of anilines is 1. The highest BCUT2D eigenvalue weighted by Crippen LogP contribution is 2.33. The van der Waals surface area contributed by atoms with Crippen molar-refractivity contribution < 1.29 is 23.3 Å². The van der Waals surface area contributed by atoms with Crippen molar-refractivity contribution in [1.82, 2.24) is 40.3 Å². The lowest BCUT2D eigenvalue weighted by atomic mass is 9.89. The van der Waals surface area contributed by atoms with Crippen molar-refractivity contribution in [2.45, 2.75) is 83.8 Å². The van der Waals surface area contributed by atoms with Crippen molar-refractivity contribution in [3.8, 4) is 22.4 Å². The summed E-state index contributed by atoms with van der Waals surface area (Å²) < 4.78 is 22.2. The molecule has 13 nitrogen and oxygen atoms in total. The number of amides is 3. The van der Waals surface area contributed by atoms with E-state index >= 15 is 4.39 Å². The predicted octanol–water partition coefficient (Wildman–Crippen LogP) is 6.72. The summed E-state index contributed by atoms with van der Waals surface area (Å²) in [6, 6.07) is 21.4. The van der Waals surface area contributed by atoms with Gasteiger partial charge in [0.05, 0.1) is 16.9 Å². The van der Waals surface area contributed by atoms with Crippen LogP contribution in [0.2, 0.25) is 0 Å². The predicted molar refractivity (Wildman–Crippen MR) is 216 cm³/mol. The SMILES string of the molecule is Cc1cc(-c2ncnn3cc(-c4ccc(CN5CCC(c6ccc(N[C@H]7CCC(=O)NC7=O)c(F)c6)CC5)cc4)cc23)ccc1CNC(=O)c1noc(C(C)(C)C)n1. The number of nitrogens with zero attached hydrogens (tertiary/aromatic N) is 6. The molecule has 2 saturated heterocycles. The van der Waals surface area contributed by atoms with E-state index in [9.17, 15) is 14.4 Å². The Labute approximate surface area is 335 Å². The number of likely N-dealkylation sites (tertiary alicyclic amines) is 1. The largest absolute Gasteiger partial charge is 0.371 e. The number of halogens is 1. The van der Waals surface area contributed by atoms with E-state index in [2.05, 4.69) is 77.5 Å². The Hall–Kier alpha value is -6.28.